The maximum atomic E-state index is 10.4. The Hall–Kier alpha value is -3.38. The molecule has 5 rings (SSSR count). The zero-order valence-electron chi connectivity index (χ0n) is 16.1. The molecule has 2 N–H and O–H groups in total. The molecule has 0 aliphatic carbocycles. The molecule has 0 saturated heterocycles. The van der Waals surface area contributed by atoms with Gasteiger partial charge in [-0.15, -0.1) is 0 Å². The summed E-state index contributed by atoms with van der Waals surface area (Å²) in [5.74, 6) is 1.34. The van der Waals surface area contributed by atoms with Gasteiger partial charge in [0.25, 0.3) is 0 Å². The summed E-state index contributed by atoms with van der Waals surface area (Å²) >= 11 is 6.16. The highest BCUT2D eigenvalue weighted by Gasteiger charge is 2.41. The van der Waals surface area contributed by atoms with E-state index in [4.69, 9.17) is 26.2 Å². The highest BCUT2D eigenvalue weighted by atomic mass is 35.5. The van der Waals surface area contributed by atoms with Gasteiger partial charge in [0.15, 0.2) is 11.5 Å². The Balaban J connectivity index is 1.62. The number of benzene rings is 3. The first-order valence-corrected chi connectivity index (χ1v) is 9.90. The van der Waals surface area contributed by atoms with Crippen molar-refractivity contribution in [2.45, 2.75) is 18.7 Å². The third kappa shape index (κ3) is 3.00. The van der Waals surface area contributed by atoms with Crippen LogP contribution in [0, 0.1) is 0 Å². The van der Waals surface area contributed by atoms with E-state index in [1.54, 1.807) is 36.4 Å². The second-order valence-corrected chi connectivity index (χ2v) is 7.68. The lowest BCUT2D eigenvalue weighted by molar-refractivity contribution is -0.0191. The summed E-state index contributed by atoms with van der Waals surface area (Å²) in [6.45, 7) is 0. The molecule has 6 nitrogen and oxygen atoms in total. The number of rotatable bonds is 3. The topological polar surface area (TPSA) is 74.5 Å². The maximum Gasteiger partial charge on any atom is 0.214 e. The zero-order chi connectivity index (χ0) is 20.8. The van der Waals surface area contributed by atoms with E-state index < -0.39 is 6.23 Å². The largest absolute Gasteiger partial charge is 0.507 e. The van der Waals surface area contributed by atoms with E-state index in [-0.39, 0.29) is 17.5 Å². The fraction of sp³-hybridized carbons (Fsp3) is 0.174. The monoisotopic (exact) mass is 422 g/mol. The molecule has 3 aromatic rings. The lowest BCUT2D eigenvalue weighted by Gasteiger charge is -2.38. The van der Waals surface area contributed by atoms with Gasteiger partial charge in [0.1, 0.15) is 11.5 Å². The molecule has 7 heteroatoms. The number of phenols is 2. The van der Waals surface area contributed by atoms with Gasteiger partial charge >= 0.3 is 0 Å². The van der Waals surface area contributed by atoms with E-state index in [9.17, 15) is 10.2 Å². The molecule has 0 fully saturated rings. The van der Waals surface area contributed by atoms with Crippen molar-refractivity contribution in [1.29, 1.82) is 0 Å². The van der Waals surface area contributed by atoms with Crippen molar-refractivity contribution in [2.24, 2.45) is 5.10 Å². The van der Waals surface area contributed by atoms with Crippen LogP contribution >= 0.6 is 11.6 Å². The molecule has 2 aliphatic heterocycles. The van der Waals surface area contributed by atoms with Crippen molar-refractivity contribution in [2.75, 3.05) is 7.11 Å². The van der Waals surface area contributed by atoms with Crippen LogP contribution < -0.4 is 9.47 Å². The van der Waals surface area contributed by atoms with Gasteiger partial charge in [0.2, 0.25) is 6.23 Å². The highest BCUT2D eigenvalue weighted by molar-refractivity contribution is 6.31. The minimum absolute atomic E-state index is 0.0588. The van der Waals surface area contributed by atoms with Crippen LogP contribution in [0.2, 0.25) is 5.02 Å². The van der Waals surface area contributed by atoms with Crippen molar-refractivity contribution < 1.29 is 19.7 Å². The Morgan fingerprint density at radius 1 is 1.07 bits per heavy atom. The Morgan fingerprint density at radius 3 is 2.70 bits per heavy atom. The Morgan fingerprint density at radius 2 is 1.87 bits per heavy atom. The van der Waals surface area contributed by atoms with Crippen molar-refractivity contribution in [3.8, 4) is 23.0 Å². The standard InChI is InChI=1S/C23H19ClN2O4/c1-29-22-10-13(6-8-20(22)28)23-26-18(15-4-2-3-5-21(15)30-23)12-17(25-26)16-11-14(24)7-9-19(16)27/h2-11,18,23,27-28H,12H2,1H3/t18-,23+/m0/s1. The second kappa shape index (κ2) is 7.15. The van der Waals surface area contributed by atoms with Gasteiger partial charge in [0, 0.05) is 28.1 Å². The summed E-state index contributed by atoms with van der Waals surface area (Å²) in [5.41, 5.74) is 3.16. The molecule has 152 valence electrons. The van der Waals surface area contributed by atoms with Gasteiger partial charge < -0.3 is 19.7 Å². The number of hydrogen-bond acceptors (Lipinski definition) is 6. The quantitative estimate of drug-likeness (QED) is 0.621. The molecule has 2 aliphatic rings. The van der Waals surface area contributed by atoms with Gasteiger partial charge in [-0.1, -0.05) is 29.8 Å². The van der Waals surface area contributed by atoms with Crippen molar-refractivity contribution in [3.05, 3.63) is 82.4 Å². The Kier molecular flexibility index (Phi) is 4.44. The number of phenolic OH excluding ortho intramolecular Hbond substituents is 2. The van der Waals surface area contributed by atoms with Crippen molar-refractivity contribution in [1.82, 2.24) is 5.01 Å². The van der Waals surface area contributed by atoms with E-state index in [1.165, 1.54) is 7.11 Å². The first-order valence-electron chi connectivity index (χ1n) is 9.52. The third-order valence-electron chi connectivity index (χ3n) is 5.46. The summed E-state index contributed by atoms with van der Waals surface area (Å²) in [6, 6.07) is 17.9. The van der Waals surface area contributed by atoms with Crippen LogP contribution in [-0.2, 0) is 0 Å². The molecule has 3 aromatic carbocycles. The van der Waals surface area contributed by atoms with E-state index >= 15 is 0 Å². The summed E-state index contributed by atoms with van der Waals surface area (Å²) in [7, 11) is 1.51. The van der Waals surface area contributed by atoms with E-state index in [0.717, 1.165) is 22.6 Å². The molecule has 0 bridgehead atoms. The lowest BCUT2D eigenvalue weighted by atomic mass is 9.95. The highest BCUT2D eigenvalue weighted by Crippen LogP contribution is 2.48. The molecule has 2 heterocycles. The molecule has 30 heavy (non-hydrogen) atoms. The van der Waals surface area contributed by atoms with Crippen LogP contribution in [0.4, 0.5) is 0 Å². The Bertz CT molecular complexity index is 1160. The first kappa shape index (κ1) is 18.6. The molecule has 0 saturated carbocycles. The van der Waals surface area contributed by atoms with Gasteiger partial charge in [-0.3, -0.25) is 0 Å². The number of hydrazone groups is 1. The van der Waals surface area contributed by atoms with Gasteiger partial charge in [-0.05, 0) is 42.5 Å². The zero-order valence-corrected chi connectivity index (χ0v) is 16.9. The number of nitrogens with zero attached hydrogens (tertiary/aromatic N) is 2. The third-order valence-corrected chi connectivity index (χ3v) is 5.69. The molecule has 0 amide bonds. The average molecular weight is 423 g/mol. The first-order chi connectivity index (χ1) is 14.5. The number of hydrogen-bond donors (Lipinski definition) is 2. The fourth-order valence-corrected chi connectivity index (χ4v) is 4.18. The summed E-state index contributed by atoms with van der Waals surface area (Å²) in [5, 5.41) is 27.6. The van der Waals surface area contributed by atoms with Crippen LogP contribution in [0.5, 0.6) is 23.0 Å². The predicted octanol–water partition coefficient (Wildman–Crippen LogP) is 5.00. The lowest BCUT2D eigenvalue weighted by Crippen LogP contribution is -2.33. The second-order valence-electron chi connectivity index (χ2n) is 7.25. The van der Waals surface area contributed by atoms with Crippen LogP contribution in [0.25, 0.3) is 0 Å². The molecular formula is C23H19ClN2O4. The maximum absolute atomic E-state index is 10.4. The van der Waals surface area contributed by atoms with Gasteiger partial charge in [-0.2, -0.15) is 5.10 Å². The van der Waals surface area contributed by atoms with Crippen LogP contribution in [0.3, 0.4) is 0 Å². The average Bonchev–Trinajstić information content (AvgIpc) is 3.21. The molecule has 0 spiro atoms. The van der Waals surface area contributed by atoms with Crippen LogP contribution in [0.15, 0.2) is 65.8 Å². The minimum Gasteiger partial charge on any atom is -0.507 e. The fourth-order valence-electron chi connectivity index (χ4n) is 4.00. The number of para-hydroxylation sites is 1. The predicted molar refractivity (Wildman–Crippen MR) is 113 cm³/mol. The van der Waals surface area contributed by atoms with Crippen LogP contribution in [-0.4, -0.2) is 28.0 Å². The van der Waals surface area contributed by atoms with Crippen molar-refractivity contribution in [3.63, 3.8) is 0 Å². The summed E-state index contributed by atoms with van der Waals surface area (Å²) in [6.07, 6.45) is 0.0817. The van der Waals surface area contributed by atoms with Gasteiger partial charge in [0.05, 0.1) is 18.9 Å². The molecule has 0 aromatic heterocycles. The molecule has 0 unspecified atom stereocenters. The number of aromatic hydroxyl groups is 2. The Labute approximate surface area is 178 Å². The summed E-state index contributed by atoms with van der Waals surface area (Å²) in [4.78, 5) is 0. The number of halogens is 1. The number of ether oxygens (including phenoxy) is 2. The molecular weight excluding hydrogens is 404 g/mol. The minimum atomic E-state index is -0.516. The molecule has 0 radical (unpaired) electrons. The van der Waals surface area contributed by atoms with E-state index in [0.29, 0.717) is 22.8 Å². The number of fused-ring (bicyclic) bond motifs is 3. The van der Waals surface area contributed by atoms with E-state index in [2.05, 4.69) is 0 Å². The molecule has 2 atom stereocenters. The van der Waals surface area contributed by atoms with Gasteiger partial charge in [-0.25, -0.2) is 5.01 Å². The van der Waals surface area contributed by atoms with Crippen molar-refractivity contribution >= 4 is 17.3 Å². The van der Waals surface area contributed by atoms with E-state index in [1.807, 2.05) is 29.3 Å². The van der Waals surface area contributed by atoms with Crippen LogP contribution in [0.1, 0.15) is 35.4 Å². The smallest absolute Gasteiger partial charge is 0.214 e. The SMILES string of the molecule is COc1cc([C@H]2Oc3ccccc3[C@@H]3CC(c4cc(Cl)ccc4O)=NN23)ccc1O. The number of methoxy groups -OCH3 is 1. The summed E-state index contributed by atoms with van der Waals surface area (Å²) < 4.78 is 11.6. The normalized spacial score (nSPS) is 19.5.